The van der Waals surface area contributed by atoms with Gasteiger partial charge in [0.2, 0.25) is 11.8 Å². The number of piperazine rings is 1. The maximum atomic E-state index is 13.0. The van der Waals surface area contributed by atoms with Crippen molar-refractivity contribution in [2.24, 2.45) is 11.8 Å². The van der Waals surface area contributed by atoms with Crippen molar-refractivity contribution in [3.8, 4) is 0 Å². The smallest absolute Gasteiger partial charge is 0.242 e. The quantitative estimate of drug-likeness (QED) is 0.846. The van der Waals surface area contributed by atoms with Crippen molar-refractivity contribution in [2.75, 3.05) is 13.1 Å². The van der Waals surface area contributed by atoms with Gasteiger partial charge in [0.15, 0.2) is 5.82 Å². The molecule has 2 unspecified atom stereocenters. The summed E-state index contributed by atoms with van der Waals surface area (Å²) < 4.78 is 1.78. The van der Waals surface area contributed by atoms with Crippen LogP contribution >= 0.6 is 0 Å². The molecule has 0 spiro atoms. The van der Waals surface area contributed by atoms with Gasteiger partial charge in [-0.1, -0.05) is 13.8 Å². The lowest BCUT2D eigenvalue weighted by Crippen LogP contribution is -2.58. The summed E-state index contributed by atoms with van der Waals surface area (Å²) in [6.07, 6.45) is 2.88. The van der Waals surface area contributed by atoms with Gasteiger partial charge in [-0.3, -0.25) is 9.59 Å². The molecule has 1 saturated heterocycles. The molecular weight excluding hydrogens is 296 g/mol. The Morgan fingerprint density at radius 2 is 2.17 bits per heavy atom. The normalized spacial score (nSPS) is 25.0. The number of fused-ring (bicyclic) bond motifs is 1. The van der Waals surface area contributed by atoms with E-state index in [1.54, 1.807) is 9.58 Å². The molecule has 23 heavy (non-hydrogen) atoms. The number of nitrogens with one attached hydrogen (secondary N) is 1. The van der Waals surface area contributed by atoms with Crippen molar-refractivity contribution >= 4 is 11.8 Å². The fraction of sp³-hybridized carbons (Fsp3) is 0.800. The first kappa shape index (κ1) is 15.9. The standard InChI is InChI=1S/C15H24N6O2/c1-10(2)9-12-14(22)16-6-8-20(12)15(23)11-3-4-13-17-18-19-21(13)7-5-11/h10-12H,3-9H2,1-2H3,(H,16,22). The summed E-state index contributed by atoms with van der Waals surface area (Å²) in [5.41, 5.74) is 0. The molecule has 1 aromatic heterocycles. The van der Waals surface area contributed by atoms with Gasteiger partial charge < -0.3 is 10.2 Å². The van der Waals surface area contributed by atoms with Crippen LogP contribution in [-0.4, -0.2) is 56.1 Å². The lowest BCUT2D eigenvalue weighted by molar-refractivity contribution is -0.147. The number of aryl methyl sites for hydroxylation is 2. The molecule has 0 bridgehead atoms. The first-order chi connectivity index (χ1) is 11.1. The highest BCUT2D eigenvalue weighted by Crippen LogP contribution is 2.24. The van der Waals surface area contributed by atoms with Crippen LogP contribution in [0.15, 0.2) is 0 Å². The monoisotopic (exact) mass is 320 g/mol. The predicted molar refractivity (Wildman–Crippen MR) is 82.2 cm³/mol. The molecule has 8 heteroatoms. The molecule has 8 nitrogen and oxygen atoms in total. The molecule has 0 aliphatic carbocycles. The average Bonchev–Trinajstić information content (AvgIpc) is 2.87. The van der Waals surface area contributed by atoms with Gasteiger partial charge in [0, 0.05) is 32.0 Å². The van der Waals surface area contributed by atoms with Crippen molar-refractivity contribution < 1.29 is 9.59 Å². The molecule has 2 amide bonds. The Hall–Kier alpha value is -1.99. The zero-order chi connectivity index (χ0) is 16.4. The number of hydrogen-bond donors (Lipinski definition) is 1. The molecule has 3 heterocycles. The third-order valence-electron chi connectivity index (χ3n) is 4.67. The Morgan fingerprint density at radius 1 is 1.35 bits per heavy atom. The largest absolute Gasteiger partial charge is 0.353 e. The molecule has 2 aliphatic heterocycles. The Morgan fingerprint density at radius 3 is 2.96 bits per heavy atom. The second-order valence-corrected chi connectivity index (χ2v) is 6.81. The summed E-state index contributed by atoms with van der Waals surface area (Å²) in [6, 6.07) is -0.337. The fourth-order valence-electron chi connectivity index (χ4n) is 3.44. The van der Waals surface area contributed by atoms with E-state index < -0.39 is 0 Å². The molecule has 2 atom stereocenters. The molecule has 1 aromatic rings. The van der Waals surface area contributed by atoms with Gasteiger partial charge in [0.25, 0.3) is 0 Å². The third kappa shape index (κ3) is 3.35. The van der Waals surface area contributed by atoms with Crippen molar-refractivity contribution in [1.82, 2.24) is 30.4 Å². The van der Waals surface area contributed by atoms with Gasteiger partial charge in [-0.05, 0) is 35.6 Å². The van der Waals surface area contributed by atoms with Crippen LogP contribution in [0.25, 0.3) is 0 Å². The first-order valence-electron chi connectivity index (χ1n) is 8.39. The molecule has 2 aliphatic rings. The molecule has 126 valence electrons. The van der Waals surface area contributed by atoms with Gasteiger partial charge in [-0.2, -0.15) is 0 Å². The summed E-state index contributed by atoms with van der Waals surface area (Å²) in [6.45, 7) is 5.96. The highest BCUT2D eigenvalue weighted by molar-refractivity contribution is 5.89. The maximum Gasteiger partial charge on any atom is 0.242 e. The van der Waals surface area contributed by atoms with Gasteiger partial charge >= 0.3 is 0 Å². The van der Waals surface area contributed by atoms with E-state index >= 15 is 0 Å². The number of carbonyl (C=O) groups excluding carboxylic acids is 2. The molecular formula is C15H24N6O2. The highest BCUT2D eigenvalue weighted by Gasteiger charge is 2.36. The van der Waals surface area contributed by atoms with Crippen LogP contribution in [0, 0.1) is 11.8 Å². The van der Waals surface area contributed by atoms with Crippen LogP contribution in [0.4, 0.5) is 0 Å². The minimum absolute atomic E-state index is 0.0225. The van der Waals surface area contributed by atoms with Gasteiger partial charge in [0.05, 0.1) is 0 Å². The van der Waals surface area contributed by atoms with Crippen LogP contribution in [0.1, 0.15) is 38.9 Å². The zero-order valence-electron chi connectivity index (χ0n) is 13.7. The Labute approximate surface area is 135 Å². The fourth-order valence-corrected chi connectivity index (χ4v) is 3.44. The minimum Gasteiger partial charge on any atom is -0.353 e. The number of hydrogen-bond acceptors (Lipinski definition) is 5. The van der Waals surface area contributed by atoms with Crippen molar-refractivity contribution in [3.05, 3.63) is 5.82 Å². The molecule has 1 N–H and O–H groups in total. The second kappa shape index (κ2) is 6.64. The summed E-state index contributed by atoms with van der Waals surface area (Å²) >= 11 is 0. The van der Waals surface area contributed by atoms with E-state index in [2.05, 4.69) is 34.7 Å². The SMILES string of the molecule is CC(C)CC1C(=O)NCCN1C(=O)C1CCc2nnnn2CC1. The third-order valence-corrected chi connectivity index (χ3v) is 4.67. The van der Waals surface area contributed by atoms with Crippen LogP contribution in [0.5, 0.6) is 0 Å². The van der Waals surface area contributed by atoms with Crippen LogP contribution in [0.2, 0.25) is 0 Å². The van der Waals surface area contributed by atoms with Crippen LogP contribution in [0.3, 0.4) is 0 Å². The molecule has 1 fully saturated rings. The number of rotatable bonds is 3. The summed E-state index contributed by atoms with van der Waals surface area (Å²) in [5, 5.41) is 14.5. The molecule has 0 saturated carbocycles. The van der Waals surface area contributed by atoms with Gasteiger partial charge in [0.1, 0.15) is 6.04 Å². The Balaban J connectivity index is 1.70. The predicted octanol–water partition coefficient (Wildman–Crippen LogP) is -0.00130. The first-order valence-corrected chi connectivity index (χ1v) is 8.39. The summed E-state index contributed by atoms with van der Waals surface area (Å²) in [4.78, 5) is 27.0. The van der Waals surface area contributed by atoms with E-state index in [1.807, 2.05) is 0 Å². The number of nitrogens with zero attached hydrogens (tertiary/aromatic N) is 5. The van der Waals surface area contributed by atoms with E-state index in [9.17, 15) is 9.59 Å². The number of amides is 2. The van der Waals surface area contributed by atoms with Crippen molar-refractivity contribution in [1.29, 1.82) is 0 Å². The number of aromatic nitrogens is 4. The van der Waals surface area contributed by atoms with Gasteiger partial charge in [-0.25, -0.2) is 4.68 Å². The number of tetrazole rings is 1. The maximum absolute atomic E-state index is 13.0. The van der Waals surface area contributed by atoms with Gasteiger partial charge in [-0.15, -0.1) is 5.10 Å². The lowest BCUT2D eigenvalue weighted by atomic mass is 9.94. The Kier molecular flexibility index (Phi) is 4.58. The van der Waals surface area contributed by atoms with Crippen molar-refractivity contribution in [2.45, 2.75) is 52.1 Å². The van der Waals surface area contributed by atoms with E-state index in [0.29, 0.717) is 38.4 Å². The van der Waals surface area contributed by atoms with Crippen LogP contribution < -0.4 is 5.32 Å². The average molecular weight is 320 g/mol. The van der Waals surface area contributed by atoms with E-state index in [0.717, 1.165) is 18.7 Å². The summed E-state index contributed by atoms with van der Waals surface area (Å²) in [7, 11) is 0. The number of carbonyl (C=O) groups is 2. The Bertz CT molecular complexity index is 562. The van der Waals surface area contributed by atoms with Crippen LogP contribution in [-0.2, 0) is 22.6 Å². The lowest BCUT2D eigenvalue weighted by Gasteiger charge is -2.37. The molecule has 3 rings (SSSR count). The highest BCUT2D eigenvalue weighted by atomic mass is 16.2. The van der Waals surface area contributed by atoms with E-state index in [-0.39, 0.29) is 23.8 Å². The summed E-state index contributed by atoms with van der Waals surface area (Å²) in [5.74, 6) is 1.22. The topological polar surface area (TPSA) is 93.0 Å². The van der Waals surface area contributed by atoms with E-state index in [1.165, 1.54) is 0 Å². The van der Waals surface area contributed by atoms with Crippen molar-refractivity contribution in [3.63, 3.8) is 0 Å². The zero-order valence-corrected chi connectivity index (χ0v) is 13.7. The second-order valence-electron chi connectivity index (χ2n) is 6.81. The molecule has 0 radical (unpaired) electrons. The minimum atomic E-state index is -0.337. The molecule has 0 aromatic carbocycles. The van der Waals surface area contributed by atoms with E-state index in [4.69, 9.17) is 0 Å².